The van der Waals surface area contributed by atoms with Crippen molar-refractivity contribution in [2.24, 2.45) is 7.05 Å². The van der Waals surface area contributed by atoms with Crippen LogP contribution in [0.5, 0.6) is 0 Å². The van der Waals surface area contributed by atoms with E-state index in [9.17, 15) is 14.4 Å². The largest absolute Gasteiger partial charge is 0.466 e. The minimum absolute atomic E-state index is 0.0111. The second-order valence-corrected chi connectivity index (χ2v) is 6.04. The third-order valence-electron chi connectivity index (χ3n) is 3.22. The molecule has 2 amide bonds. The molecule has 0 aliphatic heterocycles. The van der Waals surface area contributed by atoms with Crippen LogP contribution in [0.2, 0.25) is 0 Å². The van der Waals surface area contributed by atoms with E-state index in [-0.39, 0.29) is 18.1 Å². The fourth-order valence-corrected chi connectivity index (χ4v) is 2.65. The standard InChI is InChI=1S/C16H19N5O4S/c1-3-25-14(23)9-12-17-20-16(21(12)2)26-10-13(22)18-19-15(24)11-7-5-4-6-8-11/h4-8H,3,9-10H2,1-2H3,(H,18,22)(H,19,24). The molecule has 9 nitrogen and oxygen atoms in total. The summed E-state index contributed by atoms with van der Waals surface area (Å²) in [4.78, 5) is 35.2. The van der Waals surface area contributed by atoms with Crippen molar-refractivity contribution in [3.63, 3.8) is 0 Å². The predicted molar refractivity (Wildman–Crippen MR) is 94.1 cm³/mol. The monoisotopic (exact) mass is 377 g/mol. The molecule has 1 heterocycles. The number of benzene rings is 1. The highest BCUT2D eigenvalue weighted by Crippen LogP contribution is 2.15. The summed E-state index contributed by atoms with van der Waals surface area (Å²) < 4.78 is 6.49. The molecule has 0 radical (unpaired) electrons. The quantitative estimate of drug-likeness (QED) is 0.409. The van der Waals surface area contributed by atoms with Crippen LogP contribution in [-0.2, 0) is 27.8 Å². The van der Waals surface area contributed by atoms with E-state index in [1.54, 1.807) is 48.9 Å². The lowest BCUT2D eigenvalue weighted by Crippen LogP contribution is -2.42. The van der Waals surface area contributed by atoms with Gasteiger partial charge in [-0.25, -0.2) is 0 Å². The van der Waals surface area contributed by atoms with Crippen molar-refractivity contribution in [3.8, 4) is 0 Å². The van der Waals surface area contributed by atoms with Crippen molar-refractivity contribution in [3.05, 3.63) is 41.7 Å². The summed E-state index contributed by atoms with van der Waals surface area (Å²) in [6.45, 7) is 2.03. The van der Waals surface area contributed by atoms with Crippen LogP contribution in [0.3, 0.4) is 0 Å². The Kier molecular flexibility index (Phi) is 7.15. The lowest BCUT2D eigenvalue weighted by Gasteiger charge is -2.07. The molecule has 0 saturated heterocycles. The van der Waals surface area contributed by atoms with E-state index in [2.05, 4.69) is 21.0 Å². The summed E-state index contributed by atoms with van der Waals surface area (Å²) in [6.07, 6.45) is 0.0111. The lowest BCUT2D eigenvalue weighted by molar-refractivity contribution is -0.142. The van der Waals surface area contributed by atoms with Gasteiger partial charge in [0.25, 0.3) is 5.91 Å². The highest BCUT2D eigenvalue weighted by Gasteiger charge is 2.15. The Hall–Kier alpha value is -2.88. The van der Waals surface area contributed by atoms with Crippen molar-refractivity contribution >= 4 is 29.5 Å². The molecule has 138 valence electrons. The van der Waals surface area contributed by atoms with E-state index in [4.69, 9.17) is 4.74 Å². The highest BCUT2D eigenvalue weighted by molar-refractivity contribution is 7.99. The number of amides is 2. The molecule has 0 saturated carbocycles. The maximum Gasteiger partial charge on any atom is 0.313 e. The normalized spacial score (nSPS) is 10.2. The number of hydrazine groups is 1. The number of ether oxygens (including phenoxy) is 1. The fraction of sp³-hybridized carbons (Fsp3) is 0.312. The molecule has 26 heavy (non-hydrogen) atoms. The van der Waals surface area contributed by atoms with Crippen LogP contribution in [0.15, 0.2) is 35.5 Å². The summed E-state index contributed by atoms with van der Waals surface area (Å²) in [5.41, 5.74) is 5.12. The zero-order valence-electron chi connectivity index (χ0n) is 14.4. The molecule has 1 aromatic carbocycles. The van der Waals surface area contributed by atoms with Crippen molar-refractivity contribution < 1.29 is 19.1 Å². The number of carbonyl (C=O) groups excluding carboxylic acids is 3. The molecule has 0 unspecified atom stereocenters. The number of aromatic nitrogens is 3. The third kappa shape index (κ3) is 5.59. The number of thioether (sulfide) groups is 1. The van der Waals surface area contributed by atoms with E-state index in [0.717, 1.165) is 11.8 Å². The Balaban J connectivity index is 1.79. The van der Waals surface area contributed by atoms with E-state index in [0.29, 0.717) is 23.2 Å². The number of rotatable bonds is 7. The van der Waals surface area contributed by atoms with Gasteiger partial charge in [-0.3, -0.25) is 25.2 Å². The van der Waals surface area contributed by atoms with Crippen molar-refractivity contribution in [2.45, 2.75) is 18.5 Å². The van der Waals surface area contributed by atoms with Gasteiger partial charge in [0.1, 0.15) is 12.2 Å². The van der Waals surface area contributed by atoms with E-state index < -0.39 is 11.8 Å². The summed E-state index contributed by atoms with van der Waals surface area (Å²) in [5, 5.41) is 8.34. The number of nitrogens with zero attached hydrogens (tertiary/aromatic N) is 3. The van der Waals surface area contributed by atoms with Gasteiger partial charge in [-0.05, 0) is 19.1 Å². The molecule has 1 aromatic heterocycles. The van der Waals surface area contributed by atoms with Crippen molar-refractivity contribution in [2.75, 3.05) is 12.4 Å². The van der Waals surface area contributed by atoms with Gasteiger partial charge in [0.15, 0.2) is 5.16 Å². The van der Waals surface area contributed by atoms with Gasteiger partial charge in [0.05, 0.1) is 12.4 Å². The SMILES string of the molecule is CCOC(=O)Cc1nnc(SCC(=O)NNC(=O)c2ccccc2)n1C. The average molecular weight is 377 g/mol. The smallest absolute Gasteiger partial charge is 0.313 e. The first-order valence-corrected chi connectivity index (χ1v) is 8.80. The molecule has 10 heteroatoms. The van der Waals surface area contributed by atoms with Crippen LogP contribution >= 0.6 is 11.8 Å². The molecule has 2 aromatic rings. The molecule has 2 rings (SSSR count). The fourth-order valence-electron chi connectivity index (χ4n) is 1.92. The first-order chi connectivity index (χ1) is 12.5. The number of hydrogen-bond donors (Lipinski definition) is 2. The van der Waals surface area contributed by atoms with Gasteiger partial charge < -0.3 is 9.30 Å². The van der Waals surface area contributed by atoms with Crippen LogP contribution in [0.25, 0.3) is 0 Å². The second kappa shape index (κ2) is 9.56. The number of nitrogens with one attached hydrogen (secondary N) is 2. The maximum atomic E-state index is 11.9. The molecular weight excluding hydrogens is 358 g/mol. The van der Waals surface area contributed by atoms with Crippen LogP contribution in [0.4, 0.5) is 0 Å². The van der Waals surface area contributed by atoms with Crippen LogP contribution < -0.4 is 10.9 Å². The lowest BCUT2D eigenvalue weighted by atomic mass is 10.2. The molecule has 0 spiro atoms. The number of hydrogen-bond acceptors (Lipinski definition) is 7. The number of carbonyl (C=O) groups is 3. The molecule has 0 aliphatic carbocycles. The van der Waals surface area contributed by atoms with Crippen LogP contribution in [0, 0.1) is 0 Å². The summed E-state index contributed by atoms with van der Waals surface area (Å²) >= 11 is 1.14. The molecule has 0 aliphatic rings. The Morgan fingerprint density at radius 3 is 2.58 bits per heavy atom. The van der Waals surface area contributed by atoms with Crippen molar-refractivity contribution in [1.29, 1.82) is 0 Å². The Morgan fingerprint density at radius 2 is 1.88 bits per heavy atom. The maximum absolute atomic E-state index is 11.9. The van der Waals surface area contributed by atoms with E-state index in [1.807, 2.05) is 0 Å². The first kappa shape index (κ1) is 19.4. The van der Waals surface area contributed by atoms with Crippen LogP contribution in [0.1, 0.15) is 23.1 Å². The van der Waals surface area contributed by atoms with Gasteiger partial charge >= 0.3 is 5.97 Å². The summed E-state index contributed by atoms with van der Waals surface area (Å²) in [5.74, 6) is -0.710. The van der Waals surface area contributed by atoms with E-state index in [1.165, 1.54) is 0 Å². The highest BCUT2D eigenvalue weighted by atomic mass is 32.2. The molecule has 2 N–H and O–H groups in total. The Morgan fingerprint density at radius 1 is 1.15 bits per heavy atom. The van der Waals surface area contributed by atoms with Gasteiger partial charge in [-0.1, -0.05) is 30.0 Å². The third-order valence-corrected chi connectivity index (χ3v) is 4.24. The van der Waals surface area contributed by atoms with E-state index >= 15 is 0 Å². The van der Waals surface area contributed by atoms with Gasteiger partial charge in [-0.2, -0.15) is 0 Å². The molecular formula is C16H19N5O4S. The average Bonchev–Trinajstić information content (AvgIpc) is 2.98. The molecule has 0 atom stereocenters. The minimum Gasteiger partial charge on any atom is -0.466 e. The van der Waals surface area contributed by atoms with Gasteiger partial charge in [0, 0.05) is 12.6 Å². The van der Waals surface area contributed by atoms with Crippen LogP contribution in [-0.4, -0.2) is 44.9 Å². The van der Waals surface area contributed by atoms with Gasteiger partial charge in [-0.15, -0.1) is 10.2 Å². The number of esters is 1. The zero-order valence-corrected chi connectivity index (χ0v) is 15.2. The first-order valence-electron chi connectivity index (χ1n) is 7.82. The van der Waals surface area contributed by atoms with Gasteiger partial charge in [0.2, 0.25) is 5.91 Å². The second-order valence-electron chi connectivity index (χ2n) is 5.10. The minimum atomic E-state index is -0.403. The summed E-state index contributed by atoms with van der Waals surface area (Å²) in [6, 6.07) is 8.54. The molecule has 0 bridgehead atoms. The predicted octanol–water partition coefficient (Wildman–Crippen LogP) is 0.474. The molecule has 0 fully saturated rings. The Bertz CT molecular complexity index is 778. The van der Waals surface area contributed by atoms with Crippen molar-refractivity contribution in [1.82, 2.24) is 25.6 Å². The summed E-state index contributed by atoms with van der Waals surface area (Å²) in [7, 11) is 1.70. The topological polar surface area (TPSA) is 115 Å². The Labute approximate surface area is 154 Å². The zero-order chi connectivity index (χ0) is 18.9.